The highest BCUT2D eigenvalue weighted by atomic mass is 35.5. The van der Waals surface area contributed by atoms with Crippen molar-refractivity contribution in [2.75, 3.05) is 26.2 Å². The van der Waals surface area contributed by atoms with Gasteiger partial charge in [0, 0.05) is 49.9 Å². The molecule has 128 valence electrons. The number of piperazine rings is 1. The van der Waals surface area contributed by atoms with Gasteiger partial charge in [0.2, 0.25) is 0 Å². The van der Waals surface area contributed by atoms with E-state index in [0.717, 1.165) is 38.3 Å². The van der Waals surface area contributed by atoms with Gasteiger partial charge in [0.1, 0.15) is 17.4 Å². The van der Waals surface area contributed by atoms with Crippen molar-refractivity contribution in [3.8, 4) is 5.75 Å². The van der Waals surface area contributed by atoms with Crippen LogP contribution >= 0.6 is 24.8 Å². The first-order valence-electron chi connectivity index (χ1n) is 6.93. The fourth-order valence-corrected chi connectivity index (χ4v) is 2.95. The van der Waals surface area contributed by atoms with Crippen LogP contribution in [0.4, 0.5) is 8.78 Å². The second-order valence-corrected chi connectivity index (χ2v) is 6.37. The Labute approximate surface area is 142 Å². The Balaban J connectivity index is 0.00000220. The summed E-state index contributed by atoms with van der Waals surface area (Å²) in [6.07, 6.45) is 0. The fourth-order valence-electron chi connectivity index (χ4n) is 2.95. The van der Waals surface area contributed by atoms with E-state index in [1.807, 2.05) is 20.8 Å². The van der Waals surface area contributed by atoms with Crippen molar-refractivity contribution in [3.05, 3.63) is 29.3 Å². The number of hydrogen-bond acceptors (Lipinski definition) is 3. The number of rotatable bonds is 2. The maximum atomic E-state index is 14.2. The van der Waals surface area contributed by atoms with Crippen LogP contribution in [0.25, 0.3) is 0 Å². The molecule has 0 amide bonds. The molecule has 1 saturated heterocycles. The summed E-state index contributed by atoms with van der Waals surface area (Å²) in [4.78, 5) is 2.15. The predicted molar refractivity (Wildman–Crippen MR) is 89.2 cm³/mol. The summed E-state index contributed by atoms with van der Waals surface area (Å²) in [5, 5.41) is 13.3. The number of halogens is 4. The summed E-state index contributed by atoms with van der Waals surface area (Å²) in [7, 11) is 0. The number of benzene rings is 1. The van der Waals surface area contributed by atoms with E-state index in [2.05, 4.69) is 10.2 Å². The molecule has 1 heterocycles. The Morgan fingerprint density at radius 1 is 1.14 bits per heavy atom. The molecule has 1 atom stereocenters. The van der Waals surface area contributed by atoms with Crippen LogP contribution in [-0.4, -0.2) is 36.2 Å². The van der Waals surface area contributed by atoms with Crippen LogP contribution in [0.15, 0.2) is 12.1 Å². The van der Waals surface area contributed by atoms with Gasteiger partial charge in [-0.15, -0.1) is 24.8 Å². The molecule has 2 rings (SSSR count). The third-order valence-corrected chi connectivity index (χ3v) is 3.68. The predicted octanol–water partition coefficient (Wildman–Crippen LogP) is 3.51. The van der Waals surface area contributed by atoms with Crippen molar-refractivity contribution in [1.29, 1.82) is 0 Å². The van der Waals surface area contributed by atoms with E-state index >= 15 is 0 Å². The zero-order chi connectivity index (χ0) is 14.9. The lowest BCUT2D eigenvalue weighted by atomic mass is 9.80. The first kappa shape index (κ1) is 21.4. The minimum atomic E-state index is -0.753. The average molecular weight is 357 g/mol. The largest absolute Gasteiger partial charge is 0.507 e. The number of phenols is 1. The Morgan fingerprint density at radius 3 is 2.14 bits per heavy atom. The number of phenolic OH excluding ortho intramolecular Hbond substituents is 1. The monoisotopic (exact) mass is 356 g/mol. The lowest BCUT2D eigenvalue weighted by molar-refractivity contribution is 0.0812. The van der Waals surface area contributed by atoms with E-state index in [1.54, 1.807) is 0 Å². The average Bonchev–Trinajstić information content (AvgIpc) is 2.33. The van der Waals surface area contributed by atoms with Gasteiger partial charge < -0.3 is 10.4 Å². The Hall–Kier alpha value is -0.620. The molecule has 0 spiro atoms. The summed E-state index contributed by atoms with van der Waals surface area (Å²) in [5.74, 6) is -1.74. The molecule has 3 nitrogen and oxygen atoms in total. The molecular weight excluding hydrogens is 333 g/mol. The maximum absolute atomic E-state index is 14.2. The Morgan fingerprint density at radius 2 is 1.68 bits per heavy atom. The second kappa shape index (κ2) is 8.29. The van der Waals surface area contributed by atoms with E-state index in [-0.39, 0.29) is 47.6 Å². The standard InChI is InChI=1S/C15H22F2N2O.2ClH/c1-15(2,3)14(19-6-4-18-5-7-19)13-11(17)8-10(16)9-12(13)20;;/h8-9,14,18,20H,4-7H2,1-3H3;2*1H/t14-;;/m1../s1. The highest BCUT2D eigenvalue weighted by molar-refractivity contribution is 5.85. The highest BCUT2D eigenvalue weighted by Gasteiger charge is 2.36. The van der Waals surface area contributed by atoms with Gasteiger partial charge in [0.25, 0.3) is 0 Å². The minimum absolute atomic E-state index is 0. The lowest BCUT2D eigenvalue weighted by Crippen LogP contribution is -2.48. The summed E-state index contributed by atoms with van der Waals surface area (Å²) >= 11 is 0. The van der Waals surface area contributed by atoms with Gasteiger partial charge >= 0.3 is 0 Å². The molecule has 0 aliphatic carbocycles. The molecule has 7 heteroatoms. The third kappa shape index (κ3) is 4.69. The molecule has 1 aromatic carbocycles. The quantitative estimate of drug-likeness (QED) is 0.850. The SMILES string of the molecule is CC(C)(C)[C@@H](c1c(O)cc(F)cc1F)N1CCNCC1.Cl.Cl. The molecule has 2 N–H and O–H groups in total. The minimum Gasteiger partial charge on any atom is -0.507 e. The number of nitrogens with zero attached hydrogens (tertiary/aromatic N) is 1. The molecular formula is C15H24Cl2F2N2O. The van der Waals surface area contributed by atoms with Gasteiger partial charge in [0.15, 0.2) is 0 Å². The maximum Gasteiger partial charge on any atom is 0.134 e. The van der Waals surface area contributed by atoms with Gasteiger partial charge in [-0.25, -0.2) is 8.78 Å². The molecule has 1 aliphatic heterocycles. The topological polar surface area (TPSA) is 35.5 Å². The second-order valence-electron chi connectivity index (χ2n) is 6.37. The van der Waals surface area contributed by atoms with Crippen LogP contribution in [-0.2, 0) is 0 Å². The highest BCUT2D eigenvalue weighted by Crippen LogP contribution is 2.43. The zero-order valence-electron chi connectivity index (χ0n) is 13.0. The van der Waals surface area contributed by atoms with Crippen molar-refractivity contribution >= 4 is 24.8 Å². The summed E-state index contributed by atoms with van der Waals surface area (Å²) in [6, 6.07) is 1.54. The van der Waals surface area contributed by atoms with Crippen molar-refractivity contribution < 1.29 is 13.9 Å². The molecule has 22 heavy (non-hydrogen) atoms. The van der Waals surface area contributed by atoms with E-state index < -0.39 is 11.6 Å². The van der Waals surface area contributed by atoms with Crippen molar-refractivity contribution in [3.63, 3.8) is 0 Å². The summed E-state index contributed by atoms with van der Waals surface area (Å²) in [6.45, 7) is 9.22. The van der Waals surface area contributed by atoms with E-state index in [0.29, 0.717) is 0 Å². The molecule has 0 saturated carbocycles. The fraction of sp³-hybridized carbons (Fsp3) is 0.600. The van der Waals surface area contributed by atoms with Crippen LogP contribution in [0.1, 0.15) is 32.4 Å². The molecule has 1 aliphatic rings. The first-order chi connectivity index (χ1) is 9.30. The van der Waals surface area contributed by atoms with Gasteiger partial charge in [0.05, 0.1) is 0 Å². The number of hydrogen-bond donors (Lipinski definition) is 2. The van der Waals surface area contributed by atoms with Crippen LogP contribution in [0.3, 0.4) is 0 Å². The molecule has 0 bridgehead atoms. The number of nitrogens with one attached hydrogen (secondary N) is 1. The van der Waals surface area contributed by atoms with Crippen LogP contribution < -0.4 is 5.32 Å². The molecule has 1 fully saturated rings. The molecule has 0 radical (unpaired) electrons. The van der Waals surface area contributed by atoms with Crippen molar-refractivity contribution in [2.24, 2.45) is 5.41 Å². The van der Waals surface area contributed by atoms with E-state index in [1.165, 1.54) is 0 Å². The van der Waals surface area contributed by atoms with Gasteiger partial charge in [-0.3, -0.25) is 4.90 Å². The molecule has 0 unspecified atom stereocenters. The Kier molecular flexibility index (Phi) is 8.06. The van der Waals surface area contributed by atoms with Crippen LogP contribution in [0, 0.1) is 17.0 Å². The molecule has 0 aromatic heterocycles. The number of aromatic hydroxyl groups is 1. The smallest absolute Gasteiger partial charge is 0.134 e. The van der Waals surface area contributed by atoms with E-state index in [4.69, 9.17) is 0 Å². The van der Waals surface area contributed by atoms with Crippen molar-refractivity contribution in [1.82, 2.24) is 10.2 Å². The third-order valence-electron chi connectivity index (χ3n) is 3.68. The van der Waals surface area contributed by atoms with Gasteiger partial charge in [-0.1, -0.05) is 20.8 Å². The Bertz CT molecular complexity index is 466. The van der Waals surface area contributed by atoms with E-state index in [9.17, 15) is 13.9 Å². The lowest BCUT2D eigenvalue weighted by Gasteiger charge is -2.42. The van der Waals surface area contributed by atoms with Gasteiger partial charge in [-0.05, 0) is 5.41 Å². The summed E-state index contributed by atoms with van der Waals surface area (Å²) < 4.78 is 27.4. The normalized spacial score (nSPS) is 17.3. The van der Waals surface area contributed by atoms with Crippen molar-refractivity contribution in [2.45, 2.75) is 26.8 Å². The van der Waals surface area contributed by atoms with Crippen LogP contribution in [0.5, 0.6) is 5.75 Å². The first-order valence-corrected chi connectivity index (χ1v) is 6.93. The molecule has 1 aromatic rings. The summed E-state index contributed by atoms with van der Waals surface area (Å²) in [5.41, 5.74) is -0.0752. The van der Waals surface area contributed by atoms with Gasteiger partial charge in [-0.2, -0.15) is 0 Å². The zero-order valence-corrected chi connectivity index (χ0v) is 14.7. The van der Waals surface area contributed by atoms with Crippen LogP contribution in [0.2, 0.25) is 0 Å².